The molecule has 0 spiro atoms. The molecule has 1 rings (SSSR count). The minimum absolute atomic E-state index is 0. The number of rotatable bonds is 2. The molecule has 0 heterocycles. The van der Waals surface area contributed by atoms with E-state index in [0.717, 1.165) is 5.75 Å². The molecule has 0 aromatic heterocycles. The zero-order chi connectivity index (χ0) is 7.40. The molecule has 0 atom stereocenters. The van der Waals surface area contributed by atoms with Crippen molar-refractivity contribution in [1.82, 2.24) is 0 Å². The Morgan fingerprint density at radius 1 is 1.27 bits per heavy atom. The van der Waals surface area contributed by atoms with Crippen LogP contribution >= 0.6 is 0 Å². The molecule has 0 N–H and O–H groups in total. The predicted molar refractivity (Wildman–Crippen MR) is 39.3 cm³/mol. The second-order valence-corrected chi connectivity index (χ2v) is 2.40. The second-order valence-electron chi connectivity index (χ2n) is 1.76. The normalized spacial score (nSPS) is 8.45. The minimum Gasteiger partial charge on any atom is -0.497 e. The van der Waals surface area contributed by atoms with E-state index in [-0.39, 0.29) is 29.6 Å². The van der Waals surface area contributed by atoms with Crippen LogP contribution in [-0.4, -0.2) is 7.11 Å². The Kier molecular flexibility index (Phi) is 5.86. The number of hydrogen-bond acceptors (Lipinski definition) is 3. The van der Waals surface area contributed by atoms with Gasteiger partial charge in [0.25, 0.3) is 0 Å². The van der Waals surface area contributed by atoms with Gasteiger partial charge in [0.15, 0.2) is 0 Å². The smallest absolute Gasteiger partial charge is 0.497 e. The SMILES string of the molecule is COc1ccc([S-]=O)cc1.[Na+]. The van der Waals surface area contributed by atoms with Gasteiger partial charge >= 0.3 is 29.6 Å². The first-order valence-electron chi connectivity index (χ1n) is 2.80. The van der Waals surface area contributed by atoms with Gasteiger partial charge in [0, 0.05) is 0 Å². The van der Waals surface area contributed by atoms with Crippen molar-refractivity contribution in [3.63, 3.8) is 0 Å². The van der Waals surface area contributed by atoms with Gasteiger partial charge in [0.1, 0.15) is 5.75 Å². The van der Waals surface area contributed by atoms with Crippen LogP contribution in [0.3, 0.4) is 0 Å². The molecule has 1 aromatic rings. The first-order chi connectivity index (χ1) is 4.86. The van der Waals surface area contributed by atoms with Crippen LogP contribution in [0.15, 0.2) is 29.2 Å². The quantitative estimate of drug-likeness (QED) is 0.406. The molecule has 0 fully saturated rings. The van der Waals surface area contributed by atoms with Crippen molar-refractivity contribution < 1.29 is 38.5 Å². The molecule has 0 bridgehead atoms. The van der Waals surface area contributed by atoms with Crippen molar-refractivity contribution in [1.29, 1.82) is 0 Å². The predicted octanol–water partition coefficient (Wildman–Crippen LogP) is -1.51. The van der Waals surface area contributed by atoms with E-state index >= 15 is 0 Å². The molecule has 0 saturated heterocycles. The first kappa shape index (κ1) is 11.2. The van der Waals surface area contributed by atoms with Crippen LogP contribution in [-0.2, 0) is 15.9 Å². The summed E-state index contributed by atoms with van der Waals surface area (Å²) < 4.78 is 15.1. The summed E-state index contributed by atoms with van der Waals surface area (Å²) in [6.07, 6.45) is 0. The van der Waals surface area contributed by atoms with Crippen molar-refractivity contribution in [3.8, 4) is 5.75 Å². The maximum absolute atomic E-state index is 10.2. The van der Waals surface area contributed by atoms with Crippen LogP contribution < -0.4 is 34.3 Å². The van der Waals surface area contributed by atoms with Gasteiger partial charge in [-0.25, -0.2) is 0 Å². The Morgan fingerprint density at radius 2 is 1.82 bits per heavy atom. The third-order valence-corrected chi connectivity index (χ3v) is 1.62. The zero-order valence-electron chi connectivity index (χ0n) is 6.53. The van der Waals surface area contributed by atoms with Gasteiger partial charge < -0.3 is 20.6 Å². The topological polar surface area (TPSA) is 26.3 Å². The molecule has 0 aliphatic rings. The maximum Gasteiger partial charge on any atom is 1.00 e. The molecule has 0 aliphatic carbocycles. The number of ether oxygens (including phenoxy) is 1. The molecule has 11 heavy (non-hydrogen) atoms. The molecular formula is C7H7NaO2S. The van der Waals surface area contributed by atoms with Crippen LogP contribution in [0.2, 0.25) is 0 Å². The molecule has 4 heteroatoms. The van der Waals surface area contributed by atoms with Gasteiger partial charge in [-0.3, -0.25) is 0 Å². The Bertz CT molecular complexity index is 222. The molecule has 0 unspecified atom stereocenters. The standard InChI is InChI=1S/C7H7O2S.Na/c1-9-6-2-4-7(10-8)5-3-6;/h2-5H,1H3;/q-1;+1. The summed E-state index contributed by atoms with van der Waals surface area (Å²) in [5.41, 5.74) is 0. The molecule has 0 amide bonds. The summed E-state index contributed by atoms with van der Waals surface area (Å²) in [4.78, 5) is 0.709. The monoisotopic (exact) mass is 178 g/mol. The van der Waals surface area contributed by atoms with E-state index in [1.165, 1.54) is 0 Å². The van der Waals surface area contributed by atoms with Crippen molar-refractivity contribution >= 4 is 11.7 Å². The molecule has 0 aliphatic heterocycles. The maximum atomic E-state index is 10.2. The molecule has 0 saturated carbocycles. The van der Waals surface area contributed by atoms with Crippen molar-refractivity contribution in [3.05, 3.63) is 24.3 Å². The third-order valence-electron chi connectivity index (χ3n) is 1.16. The number of hydrogen-bond donors (Lipinski definition) is 0. The van der Waals surface area contributed by atoms with Crippen LogP contribution in [0.4, 0.5) is 0 Å². The Morgan fingerprint density at radius 3 is 2.18 bits per heavy atom. The Balaban J connectivity index is 0.000001000. The molecule has 0 radical (unpaired) electrons. The van der Waals surface area contributed by atoms with Gasteiger partial charge in [0.05, 0.1) is 7.11 Å². The van der Waals surface area contributed by atoms with Crippen LogP contribution in [0.25, 0.3) is 0 Å². The summed E-state index contributed by atoms with van der Waals surface area (Å²) in [5.74, 6) is 0.776. The number of methoxy groups -OCH3 is 1. The van der Waals surface area contributed by atoms with Crippen LogP contribution in [0, 0.1) is 0 Å². The van der Waals surface area contributed by atoms with E-state index in [1.807, 2.05) is 0 Å². The second kappa shape index (κ2) is 5.77. The Labute approximate surface area is 91.7 Å². The molecule has 2 nitrogen and oxygen atoms in total. The van der Waals surface area contributed by atoms with Crippen molar-refractivity contribution in [2.45, 2.75) is 4.90 Å². The Hall–Kier alpha value is 0.170. The van der Waals surface area contributed by atoms with Gasteiger partial charge in [-0.15, -0.1) is 4.90 Å². The van der Waals surface area contributed by atoms with Gasteiger partial charge in [-0.1, -0.05) is 12.1 Å². The molecule has 54 valence electrons. The molecular weight excluding hydrogens is 171 g/mol. The fourth-order valence-corrected chi connectivity index (χ4v) is 0.878. The van der Waals surface area contributed by atoms with E-state index in [2.05, 4.69) is 0 Å². The van der Waals surface area contributed by atoms with Gasteiger partial charge in [-0.05, 0) is 12.1 Å². The zero-order valence-corrected chi connectivity index (χ0v) is 9.35. The van der Waals surface area contributed by atoms with Gasteiger partial charge in [0.2, 0.25) is 0 Å². The van der Waals surface area contributed by atoms with E-state index in [0.29, 0.717) is 16.6 Å². The van der Waals surface area contributed by atoms with Crippen molar-refractivity contribution in [2.24, 2.45) is 0 Å². The third kappa shape index (κ3) is 3.38. The molecule has 1 aromatic carbocycles. The average Bonchev–Trinajstić information content (AvgIpc) is 2.05. The van der Waals surface area contributed by atoms with Crippen LogP contribution in [0.5, 0.6) is 5.75 Å². The van der Waals surface area contributed by atoms with E-state index in [9.17, 15) is 4.21 Å². The summed E-state index contributed by atoms with van der Waals surface area (Å²) in [6, 6.07) is 6.99. The van der Waals surface area contributed by atoms with E-state index in [4.69, 9.17) is 4.74 Å². The largest absolute Gasteiger partial charge is 1.00 e. The summed E-state index contributed by atoms with van der Waals surface area (Å²) in [5, 5.41) is 0. The summed E-state index contributed by atoms with van der Waals surface area (Å²) in [6.45, 7) is 0. The summed E-state index contributed by atoms with van der Waals surface area (Å²) in [7, 11) is 1.60. The van der Waals surface area contributed by atoms with Crippen molar-refractivity contribution in [2.75, 3.05) is 7.11 Å². The fraction of sp³-hybridized carbons (Fsp3) is 0.143. The minimum atomic E-state index is 0. The number of benzene rings is 1. The van der Waals surface area contributed by atoms with E-state index < -0.39 is 0 Å². The first-order valence-corrected chi connectivity index (χ1v) is 3.55. The van der Waals surface area contributed by atoms with Gasteiger partial charge in [-0.2, -0.15) is 0 Å². The summed E-state index contributed by atoms with van der Waals surface area (Å²) >= 11 is 0.482. The van der Waals surface area contributed by atoms with E-state index in [1.54, 1.807) is 31.4 Å². The average molecular weight is 178 g/mol. The fourth-order valence-electron chi connectivity index (χ4n) is 0.631. The van der Waals surface area contributed by atoms with Crippen LogP contribution in [0.1, 0.15) is 0 Å².